The average Bonchev–Trinajstić information content (AvgIpc) is 2.43. The molecule has 2 rings (SSSR count). The number of methoxy groups -OCH3 is 1. The van der Waals surface area contributed by atoms with Gasteiger partial charge in [-0.3, -0.25) is 4.99 Å². The van der Waals surface area contributed by atoms with E-state index in [1.54, 1.807) is 13.3 Å². The average molecular weight is 263 g/mol. The molecule has 1 aliphatic rings. The fraction of sp³-hybridized carbons (Fsp3) is 0.533. The summed E-state index contributed by atoms with van der Waals surface area (Å²) in [6.45, 7) is 0.250. The van der Waals surface area contributed by atoms with Gasteiger partial charge in [0.05, 0.1) is 19.8 Å². The molecular formula is C15H21NO3. The van der Waals surface area contributed by atoms with Crippen molar-refractivity contribution < 1.29 is 14.9 Å². The van der Waals surface area contributed by atoms with Gasteiger partial charge in [-0.2, -0.15) is 0 Å². The predicted octanol–water partition coefficient (Wildman–Crippen LogP) is 1.78. The summed E-state index contributed by atoms with van der Waals surface area (Å²) in [5.74, 6) is 0.804. The molecule has 2 atom stereocenters. The Labute approximate surface area is 113 Å². The van der Waals surface area contributed by atoms with Crippen molar-refractivity contribution in [3.63, 3.8) is 0 Å². The first-order valence-corrected chi connectivity index (χ1v) is 6.68. The first-order valence-electron chi connectivity index (χ1n) is 6.68. The summed E-state index contributed by atoms with van der Waals surface area (Å²) in [4.78, 5) is 4.27. The van der Waals surface area contributed by atoms with Crippen LogP contribution in [0.5, 0.6) is 5.75 Å². The lowest BCUT2D eigenvalue weighted by Crippen LogP contribution is -2.47. The zero-order valence-electron chi connectivity index (χ0n) is 11.2. The van der Waals surface area contributed by atoms with Crippen LogP contribution >= 0.6 is 0 Å². The van der Waals surface area contributed by atoms with Gasteiger partial charge in [0, 0.05) is 6.21 Å². The molecule has 4 heteroatoms. The number of aliphatic imine (C=N–C) groups is 1. The van der Waals surface area contributed by atoms with Crippen LogP contribution in [0, 0.1) is 0 Å². The van der Waals surface area contributed by atoms with E-state index in [0.29, 0.717) is 12.8 Å². The van der Waals surface area contributed by atoms with Crippen LogP contribution in [0.1, 0.15) is 31.2 Å². The van der Waals surface area contributed by atoms with Crippen LogP contribution in [0.3, 0.4) is 0 Å². The fourth-order valence-corrected chi connectivity index (χ4v) is 2.39. The lowest BCUT2D eigenvalue weighted by atomic mass is 9.82. The molecule has 0 heterocycles. The van der Waals surface area contributed by atoms with Gasteiger partial charge in [-0.15, -0.1) is 0 Å². The summed E-state index contributed by atoms with van der Waals surface area (Å²) in [5.41, 5.74) is -0.101. The third-order valence-corrected chi connectivity index (χ3v) is 3.68. The van der Waals surface area contributed by atoms with Gasteiger partial charge in [-0.05, 0) is 42.7 Å². The second-order valence-corrected chi connectivity index (χ2v) is 5.11. The molecular weight excluding hydrogens is 242 g/mol. The minimum Gasteiger partial charge on any atom is -0.497 e. The zero-order chi connectivity index (χ0) is 13.7. The number of hydrogen-bond donors (Lipinski definition) is 2. The molecule has 0 radical (unpaired) electrons. The highest BCUT2D eigenvalue weighted by molar-refractivity contribution is 5.79. The highest BCUT2D eigenvalue weighted by Gasteiger charge is 2.37. The number of nitrogens with zero attached hydrogens (tertiary/aromatic N) is 1. The summed E-state index contributed by atoms with van der Waals surface area (Å²) >= 11 is 0. The lowest BCUT2D eigenvalue weighted by Gasteiger charge is -2.35. The zero-order valence-corrected chi connectivity index (χ0v) is 11.2. The van der Waals surface area contributed by atoms with Crippen molar-refractivity contribution >= 4 is 6.21 Å². The molecule has 2 N–H and O–H groups in total. The van der Waals surface area contributed by atoms with Gasteiger partial charge in [0.2, 0.25) is 0 Å². The Hall–Kier alpha value is -1.39. The molecule has 1 aromatic rings. The summed E-state index contributed by atoms with van der Waals surface area (Å²) in [6, 6.07) is 7.55. The maximum Gasteiger partial charge on any atom is 0.118 e. The van der Waals surface area contributed by atoms with E-state index in [1.807, 2.05) is 24.3 Å². The van der Waals surface area contributed by atoms with Crippen molar-refractivity contribution in [2.45, 2.75) is 37.4 Å². The maximum absolute atomic E-state index is 10.3. The summed E-state index contributed by atoms with van der Waals surface area (Å²) in [6.07, 6.45) is 4.27. The third-order valence-electron chi connectivity index (χ3n) is 3.68. The Balaban J connectivity index is 1.94. The third kappa shape index (κ3) is 3.55. The molecule has 1 fully saturated rings. The number of aliphatic hydroxyl groups is 2. The van der Waals surface area contributed by atoms with Gasteiger partial charge in [-0.25, -0.2) is 0 Å². The Morgan fingerprint density at radius 2 is 2.11 bits per heavy atom. The quantitative estimate of drug-likeness (QED) is 0.814. The second-order valence-electron chi connectivity index (χ2n) is 5.11. The summed E-state index contributed by atoms with van der Waals surface area (Å²) < 4.78 is 5.08. The Morgan fingerprint density at radius 3 is 2.74 bits per heavy atom. The van der Waals surface area contributed by atoms with E-state index in [1.165, 1.54) is 0 Å². The number of benzene rings is 1. The first-order chi connectivity index (χ1) is 9.14. The van der Waals surface area contributed by atoms with Crippen molar-refractivity contribution in [2.24, 2.45) is 4.99 Å². The molecule has 0 saturated heterocycles. The largest absolute Gasteiger partial charge is 0.497 e. The van der Waals surface area contributed by atoms with Crippen LogP contribution in [0.2, 0.25) is 0 Å². The van der Waals surface area contributed by atoms with E-state index < -0.39 is 11.7 Å². The van der Waals surface area contributed by atoms with Crippen LogP contribution < -0.4 is 4.74 Å². The molecule has 104 valence electrons. The van der Waals surface area contributed by atoms with Gasteiger partial charge in [0.15, 0.2) is 0 Å². The van der Waals surface area contributed by atoms with Gasteiger partial charge in [0.25, 0.3) is 0 Å². The number of ether oxygens (including phenoxy) is 1. The molecule has 1 aromatic carbocycles. The monoisotopic (exact) mass is 263 g/mol. The molecule has 0 amide bonds. The van der Waals surface area contributed by atoms with Crippen molar-refractivity contribution in [2.75, 3.05) is 13.7 Å². The topological polar surface area (TPSA) is 62.0 Å². The van der Waals surface area contributed by atoms with Crippen LogP contribution in [-0.4, -0.2) is 41.8 Å². The predicted molar refractivity (Wildman–Crippen MR) is 74.9 cm³/mol. The van der Waals surface area contributed by atoms with Gasteiger partial charge in [0.1, 0.15) is 11.4 Å². The number of hydrogen-bond acceptors (Lipinski definition) is 4. The van der Waals surface area contributed by atoms with Crippen LogP contribution in [0.4, 0.5) is 0 Å². The van der Waals surface area contributed by atoms with Crippen molar-refractivity contribution in [1.29, 1.82) is 0 Å². The van der Waals surface area contributed by atoms with Gasteiger partial charge < -0.3 is 14.9 Å². The Morgan fingerprint density at radius 1 is 1.37 bits per heavy atom. The van der Waals surface area contributed by atoms with Crippen molar-refractivity contribution in [1.82, 2.24) is 0 Å². The molecule has 0 bridgehead atoms. The highest BCUT2D eigenvalue weighted by atomic mass is 16.5. The molecule has 0 unspecified atom stereocenters. The molecule has 19 heavy (non-hydrogen) atoms. The second kappa shape index (κ2) is 6.17. The van der Waals surface area contributed by atoms with Crippen LogP contribution in [0.25, 0.3) is 0 Å². The lowest BCUT2D eigenvalue weighted by molar-refractivity contribution is -0.0921. The van der Waals surface area contributed by atoms with Gasteiger partial charge in [-0.1, -0.05) is 12.8 Å². The minimum absolute atomic E-state index is 0.250. The number of rotatable bonds is 4. The minimum atomic E-state index is -1.05. The normalized spacial score (nSPS) is 27.6. The van der Waals surface area contributed by atoms with E-state index in [9.17, 15) is 10.2 Å². The fourth-order valence-electron chi connectivity index (χ4n) is 2.39. The molecule has 0 aromatic heterocycles. The Kier molecular flexibility index (Phi) is 4.56. The van der Waals surface area contributed by atoms with E-state index in [2.05, 4.69) is 4.99 Å². The summed E-state index contributed by atoms with van der Waals surface area (Å²) in [7, 11) is 1.63. The van der Waals surface area contributed by atoms with E-state index in [4.69, 9.17) is 4.74 Å². The first kappa shape index (κ1) is 14.0. The van der Waals surface area contributed by atoms with Crippen molar-refractivity contribution in [3.05, 3.63) is 29.8 Å². The molecule has 1 saturated carbocycles. The smallest absolute Gasteiger partial charge is 0.118 e. The standard InChI is InChI=1S/C15H21NO3/c1-19-13-7-5-12(6-8-13)10-16-11-15(18)9-3-2-4-14(15)17/h5-8,10,14,17-18H,2-4,9,11H2,1H3/t14-,15-/m0/s1. The van der Waals surface area contributed by atoms with Crippen LogP contribution in [-0.2, 0) is 0 Å². The maximum atomic E-state index is 10.3. The molecule has 0 aliphatic heterocycles. The van der Waals surface area contributed by atoms with E-state index in [0.717, 1.165) is 24.2 Å². The SMILES string of the molecule is COc1ccc(C=NC[C@@]2(O)CCCC[C@@H]2O)cc1. The molecule has 4 nitrogen and oxygen atoms in total. The van der Waals surface area contributed by atoms with Gasteiger partial charge >= 0.3 is 0 Å². The van der Waals surface area contributed by atoms with E-state index >= 15 is 0 Å². The molecule has 0 spiro atoms. The van der Waals surface area contributed by atoms with E-state index in [-0.39, 0.29) is 6.54 Å². The summed E-state index contributed by atoms with van der Waals surface area (Å²) in [5, 5.41) is 20.2. The van der Waals surface area contributed by atoms with Crippen LogP contribution in [0.15, 0.2) is 29.3 Å². The van der Waals surface area contributed by atoms with Crippen molar-refractivity contribution in [3.8, 4) is 5.75 Å². The molecule has 1 aliphatic carbocycles. The highest BCUT2D eigenvalue weighted by Crippen LogP contribution is 2.28. The Bertz CT molecular complexity index is 430. The number of aliphatic hydroxyl groups excluding tert-OH is 1.